The van der Waals surface area contributed by atoms with Crippen LogP contribution in [0, 0.1) is 0 Å². The van der Waals surface area contributed by atoms with Crippen molar-refractivity contribution < 1.29 is 0 Å². The number of anilines is 3. The fourth-order valence-corrected chi connectivity index (χ4v) is 2.11. The molecular weight excluding hydrogens is 228 g/mol. The Kier molecular flexibility index (Phi) is 3.84. The first-order valence-electron chi connectivity index (χ1n) is 6.65. The Hall–Kier alpha value is -1.59. The SMILES string of the molecule is CCN(CC)c1nc(N)nc(N(C)C2CCC2)n1. The van der Waals surface area contributed by atoms with E-state index in [4.69, 9.17) is 5.73 Å². The molecule has 1 saturated carbocycles. The largest absolute Gasteiger partial charge is 0.368 e. The summed E-state index contributed by atoms with van der Waals surface area (Å²) in [5.41, 5.74) is 5.79. The first-order chi connectivity index (χ1) is 8.65. The molecule has 0 atom stereocenters. The third kappa shape index (κ3) is 2.47. The van der Waals surface area contributed by atoms with Crippen LogP contribution in [-0.2, 0) is 0 Å². The van der Waals surface area contributed by atoms with E-state index in [0.717, 1.165) is 13.1 Å². The summed E-state index contributed by atoms with van der Waals surface area (Å²) in [5, 5.41) is 0. The molecule has 0 unspecified atom stereocenters. The minimum absolute atomic E-state index is 0.299. The van der Waals surface area contributed by atoms with Crippen LogP contribution in [0.25, 0.3) is 0 Å². The molecular formula is C12H22N6. The number of nitrogens with two attached hydrogens (primary N) is 1. The van der Waals surface area contributed by atoms with Crippen molar-refractivity contribution in [2.75, 3.05) is 35.7 Å². The van der Waals surface area contributed by atoms with E-state index in [1.165, 1.54) is 19.3 Å². The van der Waals surface area contributed by atoms with Crippen molar-refractivity contribution >= 4 is 17.8 Å². The van der Waals surface area contributed by atoms with Crippen molar-refractivity contribution in [2.24, 2.45) is 0 Å². The van der Waals surface area contributed by atoms with Crippen LogP contribution in [0.5, 0.6) is 0 Å². The van der Waals surface area contributed by atoms with Gasteiger partial charge in [-0.25, -0.2) is 0 Å². The van der Waals surface area contributed by atoms with Gasteiger partial charge in [0.1, 0.15) is 0 Å². The standard InChI is InChI=1S/C12H22N6/c1-4-18(5-2)12-15-10(13)14-11(16-12)17(3)9-7-6-8-9/h9H,4-8H2,1-3H3,(H2,13,14,15,16). The van der Waals surface area contributed by atoms with Crippen molar-refractivity contribution in [3.8, 4) is 0 Å². The van der Waals surface area contributed by atoms with Gasteiger partial charge in [-0.3, -0.25) is 0 Å². The van der Waals surface area contributed by atoms with Crippen molar-refractivity contribution in [3.63, 3.8) is 0 Å². The Morgan fingerprint density at radius 3 is 2.22 bits per heavy atom. The minimum Gasteiger partial charge on any atom is -0.368 e. The fourth-order valence-electron chi connectivity index (χ4n) is 2.11. The van der Waals surface area contributed by atoms with E-state index in [2.05, 4.69) is 38.6 Å². The normalized spacial score (nSPS) is 15.3. The maximum Gasteiger partial charge on any atom is 0.231 e. The van der Waals surface area contributed by atoms with Crippen LogP contribution in [0.4, 0.5) is 17.8 Å². The molecule has 2 N–H and O–H groups in total. The molecule has 2 rings (SSSR count). The highest BCUT2D eigenvalue weighted by Crippen LogP contribution is 2.27. The van der Waals surface area contributed by atoms with Gasteiger partial charge in [-0.1, -0.05) is 0 Å². The second-order valence-corrected chi connectivity index (χ2v) is 4.66. The third-order valence-corrected chi connectivity index (χ3v) is 3.61. The quantitative estimate of drug-likeness (QED) is 0.849. The maximum absolute atomic E-state index is 5.79. The van der Waals surface area contributed by atoms with Gasteiger partial charge in [0.05, 0.1) is 0 Å². The van der Waals surface area contributed by atoms with Crippen LogP contribution in [0.15, 0.2) is 0 Å². The van der Waals surface area contributed by atoms with Crippen LogP contribution in [0.3, 0.4) is 0 Å². The molecule has 0 amide bonds. The zero-order valence-corrected chi connectivity index (χ0v) is 11.4. The van der Waals surface area contributed by atoms with Gasteiger partial charge in [0.15, 0.2) is 0 Å². The van der Waals surface area contributed by atoms with Gasteiger partial charge in [-0.2, -0.15) is 15.0 Å². The molecule has 6 nitrogen and oxygen atoms in total. The number of rotatable bonds is 5. The summed E-state index contributed by atoms with van der Waals surface area (Å²) in [5.74, 6) is 1.66. The van der Waals surface area contributed by atoms with Gasteiger partial charge < -0.3 is 15.5 Å². The Morgan fingerprint density at radius 2 is 1.72 bits per heavy atom. The van der Waals surface area contributed by atoms with Gasteiger partial charge in [-0.05, 0) is 33.1 Å². The second kappa shape index (κ2) is 5.37. The molecule has 0 spiro atoms. The lowest BCUT2D eigenvalue weighted by molar-refractivity contribution is 0.397. The van der Waals surface area contributed by atoms with Crippen LogP contribution in [-0.4, -0.2) is 41.1 Å². The summed E-state index contributed by atoms with van der Waals surface area (Å²) < 4.78 is 0. The van der Waals surface area contributed by atoms with Crippen LogP contribution in [0.2, 0.25) is 0 Å². The molecule has 0 bridgehead atoms. The van der Waals surface area contributed by atoms with Crippen molar-refractivity contribution in [3.05, 3.63) is 0 Å². The van der Waals surface area contributed by atoms with E-state index in [1.54, 1.807) is 0 Å². The lowest BCUT2D eigenvalue weighted by Crippen LogP contribution is -2.38. The Bertz CT molecular complexity index is 400. The lowest BCUT2D eigenvalue weighted by atomic mass is 9.92. The third-order valence-electron chi connectivity index (χ3n) is 3.61. The molecule has 1 heterocycles. The predicted octanol–water partition coefficient (Wildman–Crippen LogP) is 1.29. The highest BCUT2D eigenvalue weighted by molar-refractivity contribution is 5.43. The molecule has 0 saturated heterocycles. The zero-order chi connectivity index (χ0) is 13.1. The minimum atomic E-state index is 0.299. The number of hydrogen-bond acceptors (Lipinski definition) is 6. The van der Waals surface area contributed by atoms with E-state index in [1.807, 2.05) is 7.05 Å². The average molecular weight is 250 g/mol. The summed E-state index contributed by atoms with van der Waals surface area (Å²) in [6, 6.07) is 0.552. The molecule has 100 valence electrons. The molecule has 0 aromatic carbocycles. The lowest BCUT2D eigenvalue weighted by Gasteiger charge is -2.35. The Labute approximate surface area is 108 Å². The number of nitrogens with zero attached hydrogens (tertiary/aromatic N) is 5. The first kappa shape index (κ1) is 12.9. The highest BCUT2D eigenvalue weighted by atomic mass is 15.4. The number of nitrogen functional groups attached to an aromatic ring is 1. The molecule has 0 aliphatic heterocycles. The molecule has 0 radical (unpaired) electrons. The van der Waals surface area contributed by atoms with Gasteiger partial charge in [0.2, 0.25) is 17.8 Å². The summed E-state index contributed by atoms with van der Waals surface area (Å²) >= 11 is 0. The van der Waals surface area contributed by atoms with E-state index in [0.29, 0.717) is 23.9 Å². The number of aromatic nitrogens is 3. The van der Waals surface area contributed by atoms with E-state index >= 15 is 0 Å². The first-order valence-corrected chi connectivity index (χ1v) is 6.65. The van der Waals surface area contributed by atoms with Gasteiger partial charge in [0.25, 0.3) is 0 Å². The van der Waals surface area contributed by atoms with Gasteiger partial charge in [0, 0.05) is 26.2 Å². The molecule has 6 heteroatoms. The monoisotopic (exact) mass is 250 g/mol. The van der Waals surface area contributed by atoms with E-state index in [9.17, 15) is 0 Å². The molecule has 18 heavy (non-hydrogen) atoms. The average Bonchev–Trinajstić information content (AvgIpc) is 2.27. The van der Waals surface area contributed by atoms with Gasteiger partial charge in [-0.15, -0.1) is 0 Å². The van der Waals surface area contributed by atoms with Gasteiger partial charge >= 0.3 is 0 Å². The van der Waals surface area contributed by atoms with Crippen molar-refractivity contribution in [2.45, 2.75) is 39.2 Å². The van der Waals surface area contributed by atoms with Crippen LogP contribution >= 0.6 is 0 Å². The van der Waals surface area contributed by atoms with Crippen LogP contribution in [0.1, 0.15) is 33.1 Å². The second-order valence-electron chi connectivity index (χ2n) is 4.66. The maximum atomic E-state index is 5.79. The zero-order valence-electron chi connectivity index (χ0n) is 11.4. The smallest absolute Gasteiger partial charge is 0.231 e. The fraction of sp³-hybridized carbons (Fsp3) is 0.750. The van der Waals surface area contributed by atoms with E-state index in [-0.39, 0.29) is 0 Å². The highest BCUT2D eigenvalue weighted by Gasteiger charge is 2.24. The Balaban J connectivity index is 2.24. The predicted molar refractivity (Wildman–Crippen MR) is 73.8 cm³/mol. The molecule has 1 aromatic rings. The Morgan fingerprint density at radius 1 is 1.11 bits per heavy atom. The summed E-state index contributed by atoms with van der Waals surface area (Å²) in [6.45, 7) is 5.90. The summed E-state index contributed by atoms with van der Waals surface area (Å²) in [4.78, 5) is 17.2. The summed E-state index contributed by atoms with van der Waals surface area (Å²) in [7, 11) is 2.03. The topological polar surface area (TPSA) is 71.2 Å². The van der Waals surface area contributed by atoms with Crippen molar-refractivity contribution in [1.29, 1.82) is 0 Å². The number of hydrogen-bond donors (Lipinski definition) is 1. The van der Waals surface area contributed by atoms with Crippen LogP contribution < -0.4 is 15.5 Å². The molecule has 1 fully saturated rings. The molecule has 1 aromatic heterocycles. The molecule has 1 aliphatic rings. The van der Waals surface area contributed by atoms with E-state index < -0.39 is 0 Å². The summed E-state index contributed by atoms with van der Waals surface area (Å²) in [6.07, 6.45) is 3.71. The molecule has 1 aliphatic carbocycles. The van der Waals surface area contributed by atoms with Crippen molar-refractivity contribution in [1.82, 2.24) is 15.0 Å².